The van der Waals surface area contributed by atoms with Gasteiger partial charge in [-0.3, -0.25) is 9.59 Å². The van der Waals surface area contributed by atoms with Gasteiger partial charge in [-0.15, -0.1) is 11.3 Å². The summed E-state index contributed by atoms with van der Waals surface area (Å²) in [6.07, 6.45) is 1.39. The molecule has 0 unspecified atom stereocenters. The molecule has 0 radical (unpaired) electrons. The van der Waals surface area contributed by atoms with Crippen LogP contribution < -0.4 is 20.2 Å². The molecule has 0 aliphatic rings. The average Bonchev–Trinajstić information content (AvgIpc) is 3.24. The number of hydrogen-bond donors (Lipinski definition) is 2. The molecule has 0 spiro atoms. The van der Waals surface area contributed by atoms with E-state index in [2.05, 4.69) is 31.8 Å². The number of halogens is 2. The lowest BCUT2D eigenvalue weighted by Crippen LogP contribution is -2.34. The Labute approximate surface area is 229 Å². The maximum absolute atomic E-state index is 12.8. The second-order valence-corrected chi connectivity index (χ2v) is 9.87. The largest absolute Gasteiger partial charge is 0.493 e. The van der Waals surface area contributed by atoms with Crippen LogP contribution in [0.2, 0.25) is 5.02 Å². The summed E-state index contributed by atoms with van der Waals surface area (Å²) in [4.78, 5) is 37.2. The number of methoxy groups -OCH3 is 1. The molecule has 0 aliphatic carbocycles. The standard InChI is InChI=1S/C26H19BrClN3O5S/c1-35-20-11-15(13-30-31-22(32)14-29-25(33)16-5-4-6-17(27)12-16)9-10-19(20)36-26(34)24-23(28)18-7-2-3-8-21(18)37-24/h2-13H,14H2,1H3,(H,29,33)(H,31,32)/b30-13+. The number of thiophene rings is 1. The van der Waals surface area contributed by atoms with Gasteiger partial charge >= 0.3 is 5.97 Å². The SMILES string of the molecule is COc1cc(/C=N/NC(=O)CNC(=O)c2cccc(Br)c2)ccc1OC(=O)c1sc2ccccc2c1Cl. The van der Waals surface area contributed by atoms with E-state index in [9.17, 15) is 14.4 Å². The first-order chi connectivity index (χ1) is 17.9. The van der Waals surface area contributed by atoms with E-state index in [4.69, 9.17) is 21.1 Å². The lowest BCUT2D eigenvalue weighted by molar-refractivity contribution is -0.120. The molecule has 1 aromatic heterocycles. The Morgan fingerprint density at radius 2 is 1.86 bits per heavy atom. The third kappa shape index (κ3) is 6.53. The van der Waals surface area contributed by atoms with E-state index in [-0.39, 0.29) is 18.2 Å². The van der Waals surface area contributed by atoms with Gasteiger partial charge in [0.2, 0.25) is 0 Å². The minimum Gasteiger partial charge on any atom is -0.493 e. The van der Waals surface area contributed by atoms with Gasteiger partial charge in [-0.1, -0.05) is 51.8 Å². The number of esters is 1. The summed E-state index contributed by atoms with van der Waals surface area (Å²) in [7, 11) is 1.44. The van der Waals surface area contributed by atoms with Crippen molar-refractivity contribution in [1.29, 1.82) is 0 Å². The summed E-state index contributed by atoms with van der Waals surface area (Å²) in [6, 6.07) is 19.0. The lowest BCUT2D eigenvalue weighted by atomic mass is 10.2. The number of carbonyl (C=O) groups is 3. The Morgan fingerprint density at radius 3 is 2.62 bits per heavy atom. The number of benzene rings is 3. The highest BCUT2D eigenvalue weighted by molar-refractivity contribution is 9.10. The first-order valence-corrected chi connectivity index (χ1v) is 12.8. The zero-order chi connectivity index (χ0) is 26.4. The second-order valence-electron chi connectivity index (χ2n) is 7.53. The molecule has 2 N–H and O–H groups in total. The number of hydrogen-bond acceptors (Lipinski definition) is 7. The molecular formula is C26H19BrClN3O5S. The smallest absolute Gasteiger partial charge is 0.355 e. The molecule has 0 aliphatic heterocycles. The summed E-state index contributed by atoms with van der Waals surface area (Å²) in [6.45, 7) is -0.249. The molecule has 11 heteroatoms. The molecule has 0 saturated carbocycles. The zero-order valence-corrected chi connectivity index (χ0v) is 22.4. The Bertz CT molecular complexity index is 1520. The van der Waals surface area contributed by atoms with Crippen LogP contribution in [0.3, 0.4) is 0 Å². The number of rotatable bonds is 8. The van der Waals surface area contributed by atoms with E-state index < -0.39 is 11.9 Å². The fraction of sp³-hybridized carbons (Fsp3) is 0.0769. The molecule has 2 amide bonds. The average molecular weight is 601 g/mol. The topological polar surface area (TPSA) is 106 Å². The number of ether oxygens (including phenoxy) is 2. The quantitative estimate of drug-likeness (QED) is 0.122. The van der Waals surface area contributed by atoms with Gasteiger partial charge in [0.15, 0.2) is 11.5 Å². The van der Waals surface area contributed by atoms with Crippen LogP contribution in [-0.2, 0) is 4.79 Å². The maximum Gasteiger partial charge on any atom is 0.355 e. The van der Waals surface area contributed by atoms with Crippen molar-refractivity contribution in [2.75, 3.05) is 13.7 Å². The van der Waals surface area contributed by atoms with E-state index >= 15 is 0 Å². The molecule has 4 aromatic rings. The van der Waals surface area contributed by atoms with E-state index in [1.54, 1.807) is 42.5 Å². The minimum absolute atomic E-state index is 0.206. The number of nitrogens with zero attached hydrogens (tertiary/aromatic N) is 1. The van der Waals surface area contributed by atoms with Gasteiger partial charge in [-0.05, 0) is 48.0 Å². The first kappa shape index (κ1) is 26.3. The normalized spacial score (nSPS) is 10.9. The van der Waals surface area contributed by atoms with Gasteiger partial charge in [0.25, 0.3) is 11.8 Å². The lowest BCUT2D eigenvalue weighted by Gasteiger charge is -2.09. The van der Waals surface area contributed by atoms with Crippen LogP contribution in [0.25, 0.3) is 10.1 Å². The van der Waals surface area contributed by atoms with Gasteiger partial charge in [0, 0.05) is 20.1 Å². The van der Waals surface area contributed by atoms with E-state index in [0.29, 0.717) is 26.8 Å². The molecule has 4 rings (SSSR count). The minimum atomic E-state index is -0.594. The van der Waals surface area contributed by atoms with Crippen molar-refractivity contribution >= 4 is 73.0 Å². The van der Waals surface area contributed by atoms with Crippen molar-refractivity contribution in [2.24, 2.45) is 5.10 Å². The fourth-order valence-electron chi connectivity index (χ4n) is 3.25. The summed E-state index contributed by atoms with van der Waals surface area (Å²) < 4.78 is 12.5. The Morgan fingerprint density at radius 1 is 1.05 bits per heavy atom. The van der Waals surface area contributed by atoms with E-state index in [1.165, 1.54) is 24.7 Å². The fourth-order valence-corrected chi connectivity index (χ4v) is 5.04. The maximum atomic E-state index is 12.8. The highest BCUT2D eigenvalue weighted by Crippen LogP contribution is 2.37. The number of fused-ring (bicyclic) bond motifs is 1. The van der Waals surface area contributed by atoms with E-state index in [1.807, 2.05) is 24.3 Å². The highest BCUT2D eigenvalue weighted by Gasteiger charge is 2.20. The molecule has 0 saturated heterocycles. The molecule has 0 bridgehead atoms. The Hall–Kier alpha value is -3.73. The number of nitrogens with one attached hydrogen (secondary N) is 2. The second kappa shape index (κ2) is 12.0. The van der Waals surface area contributed by atoms with Gasteiger partial charge in [0.05, 0.1) is 24.9 Å². The predicted molar refractivity (Wildman–Crippen MR) is 147 cm³/mol. The number of amides is 2. The van der Waals surface area contributed by atoms with Crippen LogP contribution in [0.5, 0.6) is 11.5 Å². The van der Waals surface area contributed by atoms with Crippen LogP contribution >= 0.6 is 38.9 Å². The third-order valence-electron chi connectivity index (χ3n) is 5.01. The van der Waals surface area contributed by atoms with Crippen molar-refractivity contribution in [2.45, 2.75) is 0 Å². The molecule has 0 atom stereocenters. The van der Waals surface area contributed by atoms with Crippen LogP contribution in [-0.4, -0.2) is 37.7 Å². The molecular weight excluding hydrogens is 582 g/mol. The van der Waals surface area contributed by atoms with E-state index in [0.717, 1.165) is 14.6 Å². The molecule has 37 heavy (non-hydrogen) atoms. The van der Waals surface area contributed by atoms with Gasteiger partial charge in [-0.2, -0.15) is 5.10 Å². The number of carbonyl (C=O) groups excluding carboxylic acids is 3. The molecule has 188 valence electrons. The van der Waals surface area contributed by atoms with Crippen LogP contribution in [0, 0.1) is 0 Å². The summed E-state index contributed by atoms with van der Waals surface area (Å²) >= 11 is 10.9. The molecule has 8 nitrogen and oxygen atoms in total. The predicted octanol–water partition coefficient (Wildman–Crippen LogP) is 5.43. The van der Waals surface area contributed by atoms with Crippen molar-refractivity contribution in [3.63, 3.8) is 0 Å². The number of hydrazone groups is 1. The Balaban J connectivity index is 1.35. The monoisotopic (exact) mass is 599 g/mol. The highest BCUT2D eigenvalue weighted by atomic mass is 79.9. The summed E-state index contributed by atoms with van der Waals surface area (Å²) in [5, 5.41) is 7.55. The van der Waals surface area contributed by atoms with Crippen LogP contribution in [0.1, 0.15) is 25.6 Å². The van der Waals surface area contributed by atoms with Crippen LogP contribution in [0.4, 0.5) is 0 Å². The summed E-state index contributed by atoms with van der Waals surface area (Å²) in [5.74, 6) is -0.979. The van der Waals surface area contributed by atoms with Crippen molar-refractivity contribution in [3.8, 4) is 11.5 Å². The molecule has 1 heterocycles. The van der Waals surface area contributed by atoms with Gasteiger partial charge < -0.3 is 14.8 Å². The van der Waals surface area contributed by atoms with Crippen molar-refractivity contribution < 1.29 is 23.9 Å². The Kier molecular flexibility index (Phi) is 8.54. The van der Waals surface area contributed by atoms with Crippen LogP contribution in [0.15, 0.2) is 76.3 Å². The van der Waals surface area contributed by atoms with Gasteiger partial charge in [0.1, 0.15) is 4.88 Å². The molecule has 3 aromatic carbocycles. The van der Waals surface area contributed by atoms with Crippen molar-refractivity contribution in [3.05, 3.63) is 92.2 Å². The zero-order valence-electron chi connectivity index (χ0n) is 19.3. The van der Waals surface area contributed by atoms with Gasteiger partial charge in [-0.25, -0.2) is 10.2 Å². The molecule has 0 fully saturated rings. The summed E-state index contributed by atoms with van der Waals surface area (Å²) in [5.41, 5.74) is 3.34. The third-order valence-corrected chi connectivity index (χ3v) is 7.16. The van der Waals surface area contributed by atoms with Crippen molar-refractivity contribution in [1.82, 2.24) is 10.7 Å². The first-order valence-electron chi connectivity index (χ1n) is 10.8.